The highest BCUT2D eigenvalue weighted by atomic mass is 35.5. The quantitative estimate of drug-likeness (QED) is 0.588. The molecular formula is C19H17ClN2O3S2. The van der Waals surface area contributed by atoms with Crippen LogP contribution in [0.15, 0.2) is 64.9 Å². The minimum absolute atomic E-state index is 0.0965. The number of hydrogen-bond acceptors (Lipinski definition) is 4. The Hall–Kier alpha value is -2.35. The van der Waals surface area contributed by atoms with E-state index in [0.29, 0.717) is 22.0 Å². The number of sulfonamides is 1. The lowest BCUT2D eigenvalue weighted by Crippen LogP contribution is -2.14. The highest BCUT2D eigenvalue weighted by Gasteiger charge is 2.15. The summed E-state index contributed by atoms with van der Waals surface area (Å²) in [6.45, 7) is 2.03. The molecule has 0 radical (unpaired) electrons. The number of halogens is 1. The van der Waals surface area contributed by atoms with Gasteiger partial charge >= 0.3 is 0 Å². The summed E-state index contributed by atoms with van der Waals surface area (Å²) in [6.07, 6.45) is 0.880. The van der Waals surface area contributed by atoms with Gasteiger partial charge in [-0.25, -0.2) is 8.42 Å². The van der Waals surface area contributed by atoms with Crippen LogP contribution in [-0.2, 0) is 16.4 Å². The molecule has 0 spiro atoms. The van der Waals surface area contributed by atoms with Crippen molar-refractivity contribution in [3.8, 4) is 0 Å². The minimum Gasteiger partial charge on any atom is -0.322 e. The number of hydrogen-bond donors (Lipinski definition) is 2. The molecule has 27 heavy (non-hydrogen) atoms. The van der Waals surface area contributed by atoms with Crippen LogP contribution in [0.2, 0.25) is 5.02 Å². The van der Waals surface area contributed by atoms with Gasteiger partial charge in [0, 0.05) is 26.7 Å². The van der Waals surface area contributed by atoms with Crippen LogP contribution in [0.5, 0.6) is 0 Å². The van der Waals surface area contributed by atoms with Gasteiger partial charge in [-0.3, -0.25) is 9.52 Å². The van der Waals surface area contributed by atoms with Crippen LogP contribution in [0.1, 0.15) is 22.2 Å². The number of thiophene rings is 1. The van der Waals surface area contributed by atoms with Crippen molar-refractivity contribution in [3.05, 3.63) is 75.4 Å². The van der Waals surface area contributed by atoms with E-state index in [2.05, 4.69) is 10.0 Å². The SMILES string of the molecule is CCc1cc(C(=O)Nc2ccc(S(=O)(=O)Nc3ccc(Cl)cc3)cc2)cs1. The van der Waals surface area contributed by atoms with Gasteiger partial charge in [-0.2, -0.15) is 0 Å². The van der Waals surface area contributed by atoms with E-state index in [4.69, 9.17) is 11.6 Å². The molecule has 1 heterocycles. The van der Waals surface area contributed by atoms with Crippen molar-refractivity contribution >= 4 is 50.2 Å². The number of carbonyl (C=O) groups excluding carboxylic acids is 1. The minimum atomic E-state index is -3.73. The second-order valence-corrected chi connectivity index (χ2v) is 8.86. The summed E-state index contributed by atoms with van der Waals surface area (Å²) in [6, 6.07) is 14.2. The Bertz CT molecular complexity index is 1040. The summed E-state index contributed by atoms with van der Waals surface area (Å²) < 4.78 is 27.4. The first kappa shape index (κ1) is 19.4. The molecule has 0 fully saturated rings. The normalized spacial score (nSPS) is 11.2. The molecule has 0 saturated heterocycles. The molecule has 0 aliphatic heterocycles. The van der Waals surface area contributed by atoms with Gasteiger partial charge in [0.2, 0.25) is 0 Å². The van der Waals surface area contributed by atoms with Crippen LogP contribution >= 0.6 is 22.9 Å². The Morgan fingerprint density at radius 2 is 1.67 bits per heavy atom. The predicted octanol–water partition coefficient (Wildman–Crippen LogP) is 5.02. The zero-order valence-electron chi connectivity index (χ0n) is 14.4. The van der Waals surface area contributed by atoms with Crippen LogP contribution in [0, 0.1) is 0 Å². The molecule has 0 unspecified atom stereocenters. The average molecular weight is 421 g/mol. The third-order valence-electron chi connectivity index (χ3n) is 3.78. The summed E-state index contributed by atoms with van der Waals surface area (Å²) in [4.78, 5) is 13.5. The van der Waals surface area contributed by atoms with E-state index >= 15 is 0 Å². The fraction of sp³-hybridized carbons (Fsp3) is 0.105. The standard InChI is InChI=1S/C19H17ClN2O3S2/c1-2-17-11-13(12-26-17)19(23)21-15-7-9-18(10-8-15)27(24,25)22-16-5-3-14(20)4-6-16/h3-12,22H,2H2,1H3,(H,21,23). The topological polar surface area (TPSA) is 75.3 Å². The van der Waals surface area contributed by atoms with E-state index in [1.165, 1.54) is 23.5 Å². The molecule has 0 aliphatic carbocycles. The molecule has 3 aromatic rings. The number of nitrogens with one attached hydrogen (secondary N) is 2. The van der Waals surface area contributed by atoms with Gasteiger partial charge in [-0.05, 0) is 61.0 Å². The lowest BCUT2D eigenvalue weighted by molar-refractivity contribution is 0.102. The smallest absolute Gasteiger partial charge is 0.261 e. The van der Waals surface area contributed by atoms with E-state index in [-0.39, 0.29) is 10.8 Å². The summed E-state index contributed by atoms with van der Waals surface area (Å²) in [5, 5.41) is 5.10. The lowest BCUT2D eigenvalue weighted by Gasteiger charge is -2.09. The van der Waals surface area contributed by atoms with Gasteiger partial charge in [0.15, 0.2) is 0 Å². The maximum absolute atomic E-state index is 12.4. The number of amides is 1. The molecule has 2 N–H and O–H groups in total. The largest absolute Gasteiger partial charge is 0.322 e. The van der Waals surface area contributed by atoms with E-state index in [9.17, 15) is 13.2 Å². The van der Waals surface area contributed by atoms with Crippen molar-refractivity contribution in [1.29, 1.82) is 0 Å². The van der Waals surface area contributed by atoms with Gasteiger partial charge in [0.1, 0.15) is 0 Å². The number of rotatable bonds is 6. The molecule has 0 saturated carbocycles. The van der Waals surface area contributed by atoms with E-state index in [0.717, 1.165) is 11.3 Å². The van der Waals surface area contributed by atoms with Gasteiger partial charge in [0.25, 0.3) is 15.9 Å². The Kier molecular flexibility index (Phi) is 5.84. The second-order valence-electron chi connectivity index (χ2n) is 5.75. The maximum atomic E-state index is 12.4. The first-order valence-corrected chi connectivity index (χ1v) is 10.9. The summed E-state index contributed by atoms with van der Waals surface area (Å²) >= 11 is 7.34. The molecular weight excluding hydrogens is 404 g/mol. The Labute approximate surface area is 167 Å². The number of aryl methyl sites for hydroxylation is 1. The fourth-order valence-electron chi connectivity index (χ4n) is 2.34. The molecule has 5 nitrogen and oxygen atoms in total. The molecule has 3 rings (SSSR count). The van der Waals surface area contributed by atoms with Gasteiger partial charge in [-0.15, -0.1) is 11.3 Å². The summed E-state index contributed by atoms with van der Waals surface area (Å²) in [7, 11) is -3.73. The Morgan fingerprint density at radius 3 is 2.26 bits per heavy atom. The van der Waals surface area contributed by atoms with Gasteiger partial charge in [0.05, 0.1) is 10.5 Å². The monoisotopic (exact) mass is 420 g/mol. The molecule has 140 valence electrons. The molecule has 1 aromatic heterocycles. The zero-order chi connectivity index (χ0) is 19.4. The van der Waals surface area contributed by atoms with Crippen molar-refractivity contribution in [2.45, 2.75) is 18.2 Å². The van der Waals surface area contributed by atoms with Crippen LogP contribution in [-0.4, -0.2) is 14.3 Å². The first-order chi connectivity index (χ1) is 12.9. The highest BCUT2D eigenvalue weighted by molar-refractivity contribution is 7.92. The lowest BCUT2D eigenvalue weighted by atomic mass is 10.2. The number of anilines is 2. The average Bonchev–Trinajstić information content (AvgIpc) is 3.13. The summed E-state index contributed by atoms with van der Waals surface area (Å²) in [5.74, 6) is -0.221. The third kappa shape index (κ3) is 4.88. The van der Waals surface area contributed by atoms with Crippen molar-refractivity contribution in [2.75, 3.05) is 10.0 Å². The van der Waals surface area contributed by atoms with E-state index < -0.39 is 10.0 Å². The van der Waals surface area contributed by atoms with Crippen molar-refractivity contribution in [1.82, 2.24) is 0 Å². The first-order valence-electron chi connectivity index (χ1n) is 8.14. The van der Waals surface area contributed by atoms with Gasteiger partial charge in [-0.1, -0.05) is 18.5 Å². The molecule has 0 bridgehead atoms. The molecule has 0 atom stereocenters. The van der Waals surface area contributed by atoms with Crippen LogP contribution in [0.3, 0.4) is 0 Å². The zero-order valence-corrected chi connectivity index (χ0v) is 16.8. The second kappa shape index (κ2) is 8.12. The van der Waals surface area contributed by atoms with E-state index in [1.54, 1.807) is 36.4 Å². The highest BCUT2D eigenvalue weighted by Crippen LogP contribution is 2.21. The van der Waals surface area contributed by atoms with Gasteiger partial charge < -0.3 is 5.32 Å². The summed E-state index contributed by atoms with van der Waals surface area (Å²) in [5.41, 5.74) is 1.54. The molecule has 1 amide bonds. The Balaban J connectivity index is 1.70. The van der Waals surface area contributed by atoms with Crippen LogP contribution in [0.4, 0.5) is 11.4 Å². The van der Waals surface area contributed by atoms with Crippen molar-refractivity contribution in [2.24, 2.45) is 0 Å². The molecule has 2 aromatic carbocycles. The predicted molar refractivity (Wildman–Crippen MR) is 110 cm³/mol. The molecule has 8 heteroatoms. The van der Waals surface area contributed by atoms with Crippen molar-refractivity contribution in [3.63, 3.8) is 0 Å². The van der Waals surface area contributed by atoms with Crippen molar-refractivity contribution < 1.29 is 13.2 Å². The van der Waals surface area contributed by atoms with Crippen LogP contribution < -0.4 is 10.0 Å². The Morgan fingerprint density at radius 1 is 1.04 bits per heavy atom. The van der Waals surface area contributed by atoms with Crippen LogP contribution in [0.25, 0.3) is 0 Å². The number of carbonyl (C=O) groups is 1. The fourth-order valence-corrected chi connectivity index (χ4v) is 4.34. The molecule has 0 aliphatic rings. The number of benzene rings is 2. The van der Waals surface area contributed by atoms with E-state index in [1.807, 2.05) is 18.4 Å². The third-order valence-corrected chi connectivity index (χ3v) is 6.51. The maximum Gasteiger partial charge on any atom is 0.261 e.